The van der Waals surface area contributed by atoms with E-state index < -0.39 is 0 Å². The molecule has 0 aliphatic carbocycles. The topological polar surface area (TPSA) is 94.4 Å². The standard InChI is InChI=1S/C28H34N6O3/c1-20-24-15-12-22(19-25(24)32-34(20)3)33(2)26-16-17-29-28(31-26)30-21-10-13-23(14-11-21)37-18-8-6-5-7-9-27(35)36-4/h10-17,19H,5-9,18H2,1-4H3,(H,29,30,31). The van der Waals surface area contributed by atoms with Crippen LogP contribution in [-0.4, -0.2) is 46.5 Å². The minimum absolute atomic E-state index is 0.147. The third kappa shape index (κ3) is 6.75. The van der Waals surface area contributed by atoms with Crippen molar-refractivity contribution in [2.24, 2.45) is 7.05 Å². The molecule has 0 unspecified atom stereocenters. The highest BCUT2D eigenvalue weighted by Crippen LogP contribution is 2.28. The summed E-state index contributed by atoms with van der Waals surface area (Å²) in [7, 11) is 5.36. The number of nitrogens with one attached hydrogen (secondary N) is 1. The second-order valence-electron chi connectivity index (χ2n) is 8.95. The number of unbranched alkanes of at least 4 members (excludes halogenated alkanes) is 3. The van der Waals surface area contributed by atoms with E-state index in [1.165, 1.54) is 7.11 Å². The van der Waals surface area contributed by atoms with Crippen molar-refractivity contribution >= 4 is 40.0 Å². The molecule has 2 heterocycles. The smallest absolute Gasteiger partial charge is 0.305 e. The maximum Gasteiger partial charge on any atom is 0.305 e. The fourth-order valence-electron chi connectivity index (χ4n) is 4.04. The molecule has 9 nitrogen and oxygen atoms in total. The van der Waals surface area contributed by atoms with Gasteiger partial charge in [-0.05, 0) is 68.3 Å². The molecule has 9 heteroatoms. The van der Waals surface area contributed by atoms with Crippen molar-refractivity contribution in [2.75, 3.05) is 31.0 Å². The molecule has 0 saturated carbocycles. The van der Waals surface area contributed by atoms with Crippen LogP contribution in [-0.2, 0) is 16.6 Å². The lowest BCUT2D eigenvalue weighted by atomic mass is 10.1. The van der Waals surface area contributed by atoms with Crippen LogP contribution >= 0.6 is 0 Å². The van der Waals surface area contributed by atoms with Gasteiger partial charge in [-0.3, -0.25) is 9.48 Å². The van der Waals surface area contributed by atoms with Gasteiger partial charge in [0.1, 0.15) is 11.6 Å². The summed E-state index contributed by atoms with van der Waals surface area (Å²) in [6.45, 7) is 2.71. The van der Waals surface area contributed by atoms with E-state index in [4.69, 9.17) is 4.74 Å². The molecule has 2 aromatic heterocycles. The molecule has 0 aliphatic rings. The molecule has 0 aliphatic heterocycles. The number of hydrogen-bond acceptors (Lipinski definition) is 8. The molecule has 0 atom stereocenters. The predicted octanol–water partition coefficient (Wildman–Crippen LogP) is 5.69. The number of nitrogens with zero attached hydrogens (tertiary/aromatic N) is 5. The Morgan fingerprint density at radius 3 is 2.62 bits per heavy atom. The molecule has 37 heavy (non-hydrogen) atoms. The number of aryl methyl sites for hydroxylation is 2. The van der Waals surface area contributed by atoms with Gasteiger partial charge in [-0.25, -0.2) is 4.98 Å². The summed E-state index contributed by atoms with van der Waals surface area (Å²) in [5, 5.41) is 9.00. The van der Waals surface area contributed by atoms with Crippen molar-refractivity contribution in [3.05, 3.63) is 60.4 Å². The highest BCUT2D eigenvalue weighted by molar-refractivity contribution is 5.85. The number of fused-ring (bicyclic) bond motifs is 1. The summed E-state index contributed by atoms with van der Waals surface area (Å²) in [4.78, 5) is 22.2. The first kappa shape index (κ1) is 25.9. The van der Waals surface area contributed by atoms with E-state index in [2.05, 4.69) is 50.2 Å². The van der Waals surface area contributed by atoms with Gasteiger partial charge < -0.3 is 19.7 Å². The van der Waals surface area contributed by atoms with Crippen LogP contribution in [0.4, 0.5) is 23.1 Å². The Bertz CT molecular complexity index is 1340. The molecule has 2 aromatic carbocycles. The summed E-state index contributed by atoms with van der Waals surface area (Å²) in [5.41, 5.74) is 3.97. The first-order chi connectivity index (χ1) is 17.9. The van der Waals surface area contributed by atoms with Gasteiger partial charge in [0.25, 0.3) is 0 Å². The quantitative estimate of drug-likeness (QED) is 0.195. The minimum Gasteiger partial charge on any atom is -0.494 e. The molecular formula is C28H34N6O3. The SMILES string of the molecule is COC(=O)CCCCCCOc1ccc(Nc2nccc(N(C)c3ccc4c(C)n(C)nc4c3)n2)cc1. The zero-order valence-corrected chi connectivity index (χ0v) is 21.9. The second kappa shape index (κ2) is 12.2. The lowest BCUT2D eigenvalue weighted by Gasteiger charge is -2.19. The maximum atomic E-state index is 11.1. The average molecular weight is 503 g/mol. The molecule has 1 N–H and O–H groups in total. The van der Waals surface area contributed by atoms with Crippen molar-refractivity contribution in [1.82, 2.24) is 19.7 Å². The summed E-state index contributed by atoms with van der Waals surface area (Å²) in [6, 6.07) is 15.9. The van der Waals surface area contributed by atoms with E-state index in [0.717, 1.165) is 65.2 Å². The lowest BCUT2D eigenvalue weighted by Crippen LogP contribution is -2.12. The van der Waals surface area contributed by atoms with Crippen molar-refractivity contribution in [3.8, 4) is 5.75 Å². The van der Waals surface area contributed by atoms with Crippen molar-refractivity contribution in [3.63, 3.8) is 0 Å². The van der Waals surface area contributed by atoms with Gasteiger partial charge in [0.2, 0.25) is 5.95 Å². The Hall–Kier alpha value is -4.14. The molecule has 0 fully saturated rings. The molecule has 4 aromatic rings. The van der Waals surface area contributed by atoms with Crippen LogP contribution in [0.3, 0.4) is 0 Å². The zero-order valence-electron chi connectivity index (χ0n) is 21.9. The number of esters is 1. The number of carbonyl (C=O) groups excluding carboxylic acids is 1. The van der Waals surface area contributed by atoms with Crippen molar-refractivity contribution in [1.29, 1.82) is 0 Å². The van der Waals surface area contributed by atoms with Gasteiger partial charge in [-0.2, -0.15) is 10.1 Å². The van der Waals surface area contributed by atoms with Crippen molar-refractivity contribution < 1.29 is 14.3 Å². The summed E-state index contributed by atoms with van der Waals surface area (Å²) >= 11 is 0. The maximum absolute atomic E-state index is 11.1. The van der Waals surface area contributed by atoms with Gasteiger partial charge in [0.05, 0.1) is 19.2 Å². The van der Waals surface area contributed by atoms with Gasteiger partial charge in [0, 0.05) is 49.2 Å². The normalized spacial score (nSPS) is 10.9. The number of anilines is 4. The first-order valence-corrected chi connectivity index (χ1v) is 12.5. The minimum atomic E-state index is -0.147. The average Bonchev–Trinajstić information content (AvgIpc) is 3.20. The van der Waals surface area contributed by atoms with Crippen LogP contribution in [0.15, 0.2) is 54.7 Å². The second-order valence-corrected chi connectivity index (χ2v) is 8.95. The molecule has 194 valence electrons. The third-order valence-corrected chi connectivity index (χ3v) is 6.37. The molecule has 0 spiro atoms. The predicted molar refractivity (Wildman–Crippen MR) is 146 cm³/mol. The summed E-state index contributed by atoms with van der Waals surface area (Å²) in [5.74, 6) is 1.96. The fraction of sp³-hybridized carbons (Fsp3) is 0.357. The number of benzene rings is 2. The number of aromatic nitrogens is 4. The Balaban J connectivity index is 1.29. The van der Waals surface area contributed by atoms with Crippen molar-refractivity contribution in [2.45, 2.75) is 39.0 Å². The monoisotopic (exact) mass is 502 g/mol. The van der Waals surface area contributed by atoms with Crippen LogP contribution in [0.25, 0.3) is 10.9 Å². The van der Waals surface area contributed by atoms with Gasteiger partial charge in [-0.15, -0.1) is 0 Å². The molecule has 0 amide bonds. The van der Waals surface area contributed by atoms with E-state index in [-0.39, 0.29) is 5.97 Å². The van der Waals surface area contributed by atoms with E-state index in [1.807, 2.05) is 54.0 Å². The lowest BCUT2D eigenvalue weighted by molar-refractivity contribution is -0.140. The number of methoxy groups -OCH3 is 1. The molecule has 0 bridgehead atoms. The Morgan fingerprint density at radius 2 is 1.84 bits per heavy atom. The van der Waals surface area contributed by atoms with E-state index in [9.17, 15) is 4.79 Å². The van der Waals surface area contributed by atoms with Gasteiger partial charge in [-0.1, -0.05) is 12.8 Å². The molecule has 4 rings (SSSR count). The Morgan fingerprint density at radius 1 is 1.05 bits per heavy atom. The van der Waals surface area contributed by atoms with Crippen LogP contribution in [0.5, 0.6) is 5.75 Å². The number of ether oxygens (including phenoxy) is 2. The number of rotatable bonds is 12. The van der Waals surface area contributed by atoms with Crippen LogP contribution in [0, 0.1) is 6.92 Å². The molecular weight excluding hydrogens is 468 g/mol. The third-order valence-electron chi connectivity index (χ3n) is 6.37. The van der Waals surface area contributed by atoms with Gasteiger partial charge >= 0.3 is 5.97 Å². The number of hydrogen-bond donors (Lipinski definition) is 1. The molecule has 0 saturated heterocycles. The van der Waals surface area contributed by atoms with Crippen LogP contribution < -0.4 is 15.0 Å². The Kier molecular flexibility index (Phi) is 8.56. The zero-order chi connectivity index (χ0) is 26.2. The van der Waals surface area contributed by atoms with E-state index >= 15 is 0 Å². The first-order valence-electron chi connectivity index (χ1n) is 12.5. The highest BCUT2D eigenvalue weighted by Gasteiger charge is 2.11. The van der Waals surface area contributed by atoms with Gasteiger partial charge in [0.15, 0.2) is 0 Å². The fourth-order valence-corrected chi connectivity index (χ4v) is 4.04. The summed E-state index contributed by atoms with van der Waals surface area (Å²) in [6.07, 6.45) is 6.04. The largest absolute Gasteiger partial charge is 0.494 e. The van der Waals surface area contributed by atoms with Crippen LogP contribution in [0.2, 0.25) is 0 Å². The van der Waals surface area contributed by atoms with E-state index in [0.29, 0.717) is 19.0 Å². The highest BCUT2D eigenvalue weighted by atomic mass is 16.5. The molecule has 0 radical (unpaired) electrons. The van der Waals surface area contributed by atoms with E-state index in [1.54, 1.807) is 6.20 Å². The Labute approximate surface area is 217 Å². The van der Waals surface area contributed by atoms with Crippen LogP contribution in [0.1, 0.15) is 37.8 Å². The summed E-state index contributed by atoms with van der Waals surface area (Å²) < 4.78 is 12.4. The number of carbonyl (C=O) groups is 1.